The fourth-order valence-electron chi connectivity index (χ4n) is 2.65. The lowest BCUT2D eigenvalue weighted by Gasteiger charge is -2.23. The van der Waals surface area contributed by atoms with E-state index in [4.69, 9.17) is 0 Å². The van der Waals surface area contributed by atoms with E-state index in [1.165, 1.54) is 29.1 Å². The molecule has 0 amide bonds. The van der Waals surface area contributed by atoms with Gasteiger partial charge in [-0.2, -0.15) is 5.10 Å². The molecule has 0 saturated heterocycles. The fourth-order valence-corrected chi connectivity index (χ4v) is 3.27. The molecule has 0 radical (unpaired) electrons. The Bertz CT molecular complexity index is 503. The molecule has 0 fully saturated rings. The summed E-state index contributed by atoms with van der Waals surface area (Å²) in [5, 5.41) is 11.3. The van der Waals surface area contributed by atoms with Crippen molar-refractivity contribution < 1.29 is 0 Å². The van der Waals surface area contributed by atoms with E-state index in [0.29, 0.717) is 6.04 Å². The smallest absolute Gasteiger partial charge is 0.0937 e. The van der Waals surface area contributed by atoms with Crippen LogP contribution < -0.4 is 5.32 Å². The maximum Gasteiger partial charge on any atom is 0.0937 e. The van der Waals surface area contributed by atoms with Gasteiger partial charge in [0.15, 0.2) is 0 Å². The molecular formula is C13H18N4S. The number of thiazole rings is 1. The molecule has 18 heavy (non-hydrogen) atoms. The maximum atomic E-state index is 4.37. The molecule has 2 heterocycles. The maximum absolute atomic E-state index is 4.37. The van der Waals surface area contributed by atoms with Crippen LogP contribution in [0.25, 0.3) is 0 Å². The van der Waals surface area contributed by atoms with E-state index in [1.54, 1.807) is 11.3 Å². The van der Waals surface area contributed by atoms with Gasteiger partial charge in [0.1, 0.15) is 0 Å². The summed E-state index contributed by atoms with van der Waals surface area (Å²) >= 11 is 1.73. The molecule has 1 atom stereocenters. The van der Waals surface area contributed by atoms with Crippen LogP contribution in [0.4, 0.5) is 0 Å². The minimum Gasteiger partial charge on any atom is -0.309 e. The average Bonchev–Trinajstić information content (AvgIpc) is 3.01. The molecule has 1 aliphatic carbocycles. The molecule has 0 spiro atoms. The molecule has 0 saturated carbocycles. The van der Waals surface area contributed by atoms with Crippen LogP contribution >= 0.6 is 11.3 Å². The van der Waals surface area contributed by atoms with Crippen molar-refractivity contribution in [2.45, 2.75) is 31.7 Å². The van der Waals surface area contributed by atoms with Crippen molar-refractivity contribution >= 4 is 11.3 Å². The van der Waals surface area contributed by atoms with E-state index in [9.17, 15) is 0 Å². The lowest BCUT2D eigenvalue weighted by Crippen LogP contribution is -2.27. The molecule has 4 nitrogen and oxygen atoms in total. The van der Waals surface area contributed by atoms with Crippen LogP contribution in [0.2, 0.25) is 0 Å². The third-order valence-corrected chi connectivity index (χ3v) is 4.43. The van der Waals surface area contributed by atoms with E-state index in [0.717, 1.165) is 19.4 Å². The predicted octanol–water partition coefficient (Wildman–Crippen LogP) is 2.09. The van der Waals surface area contributed by atoms with Crippen LogP contribution in [0.15, 0.2) is 17.8 Å². The van der Waals surface area contributed by atoms with Gasteiger partial charge in [-0.15, -0.1) is 11.3 Å². The quantitative estimate of drug-likeness (QED) is 0.917. The Morgan fingerprint density at radius 1 is 1.56 bits per heavy atom. The Morgan fingerprint density at radius 3 is 3.33 bits per heavy atom. The Labute approximate surface area is 111 Å². The zero-order valence-electron chi connectivity index (χ0n) is 10.6. The van der Waals surface area contributed by atoms with E-state index >= 15 is 0 Å². The molecule has 5 heteroatoms. The summed E-state index contributed by atoms with van der Waals surface area (Å²) in [5.74, 6) is 0. The molecule has 1 aliphatic rings. The summed E-state index contributed by atoms with van der Waals surface area (Å²) in [6.45, 7) is 0.993. The molecule has 0 bridgehead atoms. The number of hydrogen-bond acceptors (Lipinski definition) is 4. The van der Waals surface area contributed by atoms with Crippen molar-refractivity contribution in [3.63, 3.8) is 0 Å². The summed E-state index contributed by atoms with van der Waals surface area (Å²) in [6, 6.07) is 0.474. The molecule has 2 aromatic rings. The topological polar surface area (TPSA) is 42.7 Å². The molecular weight excluding hydrogens is 244 g/mol. The van der Waals surface area contributed by atoms with E-state index in [1.807, 2.05) is 29.5 Å². The van der Waals surface area contributed by atoms with Crippen molar-refractivity contribution in [1.82, 2.24) is 20.1 Å². The molecule has 96 valence electrons. The highest BCUT2D eigenvalue weighted by Gasteiger charge is 2.22. The molecule has 3 rings (SSSR count). The number of aryl methyl sites for hydroxylation is 1. The second-order valence-corrected chi connectivity index (χ2v) is 5.72. The number of fused-ring (bicyclic) bond motifs is 1. The van der Waals surface area contributed by atoms with Gasteiger partial charge in [0.2, 0.25) is 0 Å². The standard InChI is InChI=1S/C13H18N4S/c1-17-12-4-2-3-11(10(12)9-16-17)14-6-5-13-15-7-8-18-13/h7-9,11,14H,2-6H2,1H3. The van der Waals surface area contributed by atoms with Gasteiger partial charge in [-0.3, -0.25) is 4.68 Å². The van der Waals surface area contributed by atoms with Crippen molar-refractivity contribution in [2.75, 3.05) is 6.54 Å². The number of nitrogens with one attached hydrogen (secondary N) is 1. The van der Waals surface area contributed by atoms with Crippen LogP contribution in [-0.2, 0) is 19.9 Å². The van der Waals surface area contributed by atoms with Crippen LogP contribution in [0, 0.1) is 0 Å². The van der Waals surface area contributed by atoms with Gasteiger partial charge in [0.05, 0.1) is 11.2 Å². The second-order valence-electron chi connectivity index (χ2n) is 4.74. The van der Waals surface area contributed by atoms with Gasteiger partial charge < -0.3 is 5.32 Å². The van der Waals surface area contributed by atoms with Gasteiger partial charge in [-0.25, -0.2) is 4.98 Å². The van der Waals surface area contributed by atoms with Crippen molar-refractivity contribution in [1.29, 1.82) is 0 Å². The zero-order chi connectivity index (χ0) is 12.4. The largest absolute Gasteiger partial charge is 0.309 e. The summed E-state index contributed by atoms with van der Waals surface area (Å²) in [6.07, 6.45) is 8.55. The lowest BCUT2D eigenvalue weighted by atomic mass is 9.93. The van der Waals surface area contributed by atoms with Crippen LogP contribution in [0.1, 0.15) is 35.1 Å². The third kappa shape index (κ3) is 2.33. The van der Waals surface area contributed by atoms with Crippen molar-refractivity contribution in [3.8, 4) is 0 Å². The summed E-state index contributed by atoms with van der Waals surface area (Å²) < 4.78 is 2.02. The Balaban J connectivity index is 1.60. The highest BCUT2D eigenvalue weighted by Crippen LogP contribution is 2.28. The van der Waals surface area contributed by atoms with Crippen LogP contribution in [0.5, 0.6) is 0 Å². The van der Waals surface area contributed by atoms with Gasteiger partial charge in [0.25, 0.3) is 0 Å². The molecule has 1 N–H and O–H groups in total. The first kappa shape index (κ1) is 11.9. The van der Waals surface area contributed by atoms with Gasteiger partial charge in [-0.1, -0.05) is 0 Å². The average molecular weight is 262 g/mol. The first-order chi connectivity index (χ1) is 8.84. The summed E-state index contributed by atoms with van der Waals surface area (Å²) in [4.78, 5) is 4.31. The van der Waals surface area contributed by atoms with Crippen LogP contribution in [0.3, 0.4) is 0 Å². The minimum absolute atomic E-state index is 0.474. The SMILES string of the molecule is Cn1ncc2c1CCCC2NCCc1nccs1. The second kappa shape index (κ2) is 5.20. The lowest BCUT2D eigenvalue weighted by molar-refractivity contribution is 0.455. The first-order valence-electron chi connectivity index (χ1n) is 6.47. The Morgan fingerprint density at radius 2 is 2.50 bits per heavy atom. The molecule has 0 aliphatic heterocycles. The number of rotatable bonds is 4. The minimum atomic E-state index is 0.474. The number of nitrogens with zero attached hydrogens (tertiary/aromatic N) is 3. The Hall–Kier alpha value is -1.20. The molecule has 1 unspecified atom stereocenters. The van der Waals surface area contributed by atoms with Gasteiger partial charge >= 0.3 is 0 Å². The van der Waals surface area contributed by atoms with Gasteiger partial charge in [-0.05, 0) is 19.3 Å². The van der Waals surface area contributed by atoms with Crippen molar-refractivity contribution in [2.24, 2.45) is 7.05 Å². The van der Waals surface area contributed by atoms with E-state index in [2.05, 4.69) is 15.4 Å². The number of aromatic nitrogens is 3. The fraction of sp³-hybridized carbons (Fsp3) is 0.538. The molecule has 0 aromatic carbocycles. The zero-order valence-corrected chi connectivity index (χ0v) is 11.4. The first-order valence-corrected chi connectivity index (χ1v) is 7.35. The predicted molar refractivity (Wildman–Crippen MR) is 72.7 cm³/mol. The normalized spacial score (nSPS) is 18.8. The number of hydrogen-bond donors (Lipinski definition) is 1. The Kier molecular flexibility index (Phi) is 3.43. The third-order valence-electron chi connectivity index (χ3n) is 3.59. The molecule has 2 aromatic heterocycles. The highest BCUT2D eigenvalue weighted by atomic mass is 32.1. The monoisotopic (exact) mass is 262 g/mol. The van der Waals surface area contributed by atoms with Gasteiger partial charge in [0, 0.05) is 48.9 Å². The van der Waals surface area contributed by atoms with E-state index in [-0.39, 0.29) is 0 Å². The highest BCUT2D eigenvalue weighted by molar-refractivity contribution is 7.09. The van der Waals surface area contributed by atoms with E-state index < -0.39 is 0 Å². The summed E-state index contributed by atoms with van der Waals surface area (Å²) in [5.41, 5.74) is 2.79. The summed E-state index contributed by atoms with van der Waals surface area (Å²) in [7, 11) is 2.04. The van der Waals surface area contributed by atoms with Crippen LogP contribution in [-0.4, -0.2) is 21.3 Å². The van der Waals surface area contributed by atoms with Crippen molar-refractivity contribution in [3.05, 3.63) is 34.0 Å².